The van der Waals surface area contributed by atoms with Crippen molar-refractivity contribution in [2.45, 2.75) is 13.8 Å². The molecule has 23 heavy (non-hydrogen) atoms. The third-order valence-electron chi connectivity index (χ3n) is 3.79. The Balaban J connectivity index is 1.81. The molecule has 1 aliphatic rings. The maximum Gasteiger partial charge on any atom is 0.414 e. The predicted molar refractivity (Wildman–Crippen MR) is 86.6 cm³/mol. The standard InChI is InChI=1S/C17H17N3O3/c1-11-15(12(2)19-18-11)6-7-16(21)13-4-3-5-14(10-13)20-8-9-23-17(20)22/h3-7,10H,8-9H2,1-2H3,(H,18,19)/b7-6-. The number of carbonyl (C=O) groups is 2. The smallest absolute Gasteiger partial charge is 0.414 e. The van der Waals surface area contributed by atoms with Gasteiger partial charge in [-0.15, -0.1) is 0 Å². The lowest BCUT2D eigenvalue weighted by Crippen LogP contribution is -2.23. The number of aromatic nitrogens is 2. The zero-order valence-electron chi connectivity index (χ0n) is 13.0. The van der Waals surface area contributed by atoms with Gasteiger partial charge >= 0.3 is 6.09 Å². The van der Waals surface area contributed by atoms with Gasteiger partial charge in [0.05, 0.1) is 12.2 Å². The highest BCUT2D eigenvalue weighted by atomic mass is 16.6. The van der Waals surface area contributed by atoms with Crippen LogP contribution in [-0.2, 0) is 4.74 Å². The van der Waals surface area contributed by atoms with E-state index in [1.54, 1.807) is 30.3 Å². The summed E-state index contributed by atoms with van der Waals surface area (Å²) in [5.74, 6) is -0.126. The first-order chi connectivity index (χ1) is 11.1. The molecule has 1 amide bonds. The largest absolute Gasteiger partial charge is 0.447 e. The molecule has 1 saturated heterocycles. The summed E-state index contributed by atoms with van der Waals surface area (Å²) in [5, 5.41) is 6.98. The average molecular weight is 311 g/mol. The lowest BCUT2D eigenvalue weighted by Gasteiger charge is -2.13. The second-order valence-corrected chi connectivity index (χ2v) is 5.36. The second kappa shape index (κ2) is 6.08. The number of anilines is 1. The Hall–Kier alpha value is -2.89. The van der Waals surface area contributed by atoms with Gasteiger partial charge in [-0.1, -0.05) is 12.1 Å². The third-order valence-corrected chi connectivity index (χ3v) is 3.79. The molecule has 1 fully saturated rings. The van der Waals surface area contributed by atoms with Crippen molar-refractivity contribution < 1.29 is 14.3 Å². The molecule has 2 heterocycles. The van der Waals surface area contributed by atoms with E-state index < -0.39 is 0 Å². The van der Waals surface area contributed by atoms with Gasteiger partial charge in [-0.2, -0.15) is 5.10 Å². The molecule has 118 valence electrons. The van der Waals surface area contributed by atoms with Crippen LogP contribution in [0.2, 0.25) is 0 Å². The number of ketones is 1. The van der Waals surface area contributed by atoms with E-state index in [0.29, 0.717) is 24.4 Å². The quantitative estimate of drug-likeness (QED) is 0.696. The number of rotatable bonds is 4. The SMILES string of the molecule is Cc1n[nH]c(C)c1/C=C\C(=O)c1cccc(N2CCOC2=O)c1. The summed E-state index contributed by atoms with van der Waals surface area (Å²) in [5.41, 5.74) is 3.87. The van der Waals surface area contributed by atoms with Gasteiger partial charge in [-0.25, -0.2) is 4.79 Å². The molecular weight excluding hydrogens is 294 g/mol. The van der Waals surface area contributed by atoms with Crippen LogP contribution in [0.25, 0.3) is 6.08 Å². The fourth-order valence-electron chi connectivity index (χ4n) is 2.52. The summed E-state index contributed by atoms with van der Waals surface area (Å²) < 4.78 is 4.92. The van der Waals surface area contributed by atoms with Crippen LogP contribution < -0.4 is 4.90 Å². The Kier molecular flexibility index (Phi) is 3.97. The summed E-state index contributed by atoms with van der Waals surface area (Å²) >= 11 is 0. The van der Waals surface area contributed by atoms with Crippen LogP contribution in [0.3, 0.4) is 0 Å². The van der Waals surface area contributed by atoms with Gasteiger partial charge in [-0.3, -0.25) is 14.8 Å². The van der Waals surface area contributed by atoms with E-state index in [0.717, 1.165) is 17.0 Å². The molecule has 0 atom stereocenters. The number of H-pyrrole nitrogens is 1. The Morgan fingerprint density at radius 3 is 2.87 bits per heavy atom. The highest BCUT2D eigenvalue weighted by Gasteiger charge is 2.23. The number of ether oxygens (including phenoxy) is 1. The van der Waals surface area contributed by atoms with Crippen molar-refractivity contribution in [3.63, 3.8) is 0 Å². The van der Waals surface area contributed by atoms with Crippen LogP contribution in [0.5, 0.6) is 0 Å². The first-order valence-electron chi connectivity index (χ1n) is 7.34. The second-order valence-electron chi connectivity index (χ2n) is 5.36. The molecule has 0 unspecified atom stereocenters. The normalized spacial score (nSPS) is 14.5. The van der Waals surface area contributed by atoms with Gasteiger partial charge in [0.25, 0.3) is 0 Å². The van der Waals surface area contributed by atoms with Crippen molar-refractivity contribution >= 4 is 23.6 Å². The van der Waals surface area contributed by atoms with Crippen molar-refractivity contribution in [3.05, 3.63) is 52.9 Å². The van der Waals surface area contributed by atoms with Gasteiger partial charge in [0.15, 0.2) is 5.78 Å². The van der Waals surface area contributed by atoms with Gasteiger partial charge in [0.1, 0.15) is 6.61 Å². The van der Waals surface area contributed by atoms with Crippen LogP contribution in [-0.4, -0.2) is 35.2 Å². The minimum atomic E-state index is -0.380. The van der Waals surface area contributed by atoms with Crippen LogP contribution >= 0.6 is 0 Å². The summed E-state index contributed by atoms with van der Waals surface area (Å²) in [6.07, 6.45) is 2.90. The van der Waals surface area contributed by atoms with Gasteiger partial charge < -0.3 is 4.74 Å². The molecular formula is C17H17N3O3. The number of hydrogen-bond acceptors (Lipinski definition) is 4. The number of cyclic esters (lactones) is 1. The monoisotopic (exact) mass is 311 g/mol. The molecule has 1 N–H and O–H groups in total. The van der Waals surface area contributed by atoms with Gasteiger partial charge in [0.2, 0.25) is 0 Å². The van der Waals surface area contributed by atoms with Crippen molar-refractivity contribution in [3.8, 4) is 0 Å². The number of aryl methyl sites for hydroxylation is 2. The molecule has 1 aromatic carbocycles. The van der Waals surface area contributed by atoms with Crippen molar-refractivity contribution in [2.75, 3.05) is 18.1 Å². The lowest BCUT2D eigenvalue weighted by atomic mass is 10.1. The number of amides is 1. The number of aromatic amines is 1. The highest BCUT2D eigenvalue weighted by Crippen LogP contribution is 2.21. The van der Waals surface area contributed by atoms with E-state index in [4.69, 9.17) is 4.74 Å². The maximum absolute atomic E-state index is 12.4. The fourth-order valence-corrected chi connectivity index (χ4v) is 2.52. The summed E-state index contributed by atoms with van der Waals surface area (Å²) in [7, 11) is 0. The molecule has 0 radical (unpaired) electrons. The number of hydrogen-bond donors (Lipinski definition) is 1. The van der Waals surface area contributed by atoms with Crippen molar-refractivity contribution in [1.29, 1.82) is 0 Å². The summed E-state index contributed by atoms with van der Waals surface area (Å²) in [6, 6.07) is 6.98. The van der Waals surface area contributed by atoms with Crippen LogP contribution in [0.4, 0.5) is 10.5 Å². The van der Waals surface area contributed by atoms with E-state index in [-0.39, 0.29) is 11.9 Å². The van der Waals surface area contributed by atoms with E-state index in [1.807, 2.05) is 13.8 Å². The number of carbonyl (C=O) groups excluding carboxylic acids is 2. The van der Waals surface area contributed by atoms with E-state index in [9.17, 15) is 9.59 Å². The van der Waals surface area contributed by atoms with E-state index >= 15 is 0 Å². The number of nitrogens with one attached hydrogen (secondary N) is 1. The Morgan fingerprint density at radius 1 is 1.39 bits per heavy atom. The van der Waals surface area contributed by atoms with Gasteiger partial charge in [-0.05, 0) is 38.1 Å². The molecule has 0 aliphatic carbocycles. The molecule has 3 rings (SSSR count). The molecule has 0 spiro atoms. The maximum atomic E-state index is 12.4. The molecule has 6 nitrogen and oxygen atoms in total. The van der Waals surface area contributed by atoms with Crippen LogP contribution in [0.15, 0.2) is 30.3 Å². The zero-order chi connectivity index (χ0) is 16.4. The minimum Gasteiger partial charge on any atom is -0.447 e. The Bertz CT molecular complexity index is 773. The summed E-state index contributed by atoms with van der Waals surface area (Å²) in [6.45, 7) is 4.66. The molecule has 0 saturated carbocycles. The number of nitrogens with zero attached hydrogens (tertiary/aromatic N) is 2. The fraction of sp³-hybridized carbons (Fsp3) is 0.235. The number of allylic oxidation sites excluding steroid dienone is 1. The molecule has 1 aliphatic heterocycles. The highest BCUT2D eigenvalue weighted by molar-refractivity contribution is 6.07. The first-order valence-corrected chi connectivity index (χ1v) is 7.34. The predicted octanol–water partition coefficient (Wildman–Crippen LogP) is 2.88. The van der Waals surface area contributed by atoms with E-state index in [1.165, 1.54) is 11.0 Å². The third kappa shape index (κ3) is 3.01. The first kappa shape index (κ1) is 15.0. The number of benzene rings is 1. The summed E-state index contributed by atoms with van der Waals surface area (Å²) in [4.78, 5) is 25.5. The molecule has 6 heteroatoms. The Morgan fingerprint density at radius 2 is 2.22 bits per heavy atom. The zero-order valence-corrected chi connectivity index (χ0v) is 13.0. The van der Waals surface area contributed by atoms with Crippen molar-refractivity contribution in [1.82, 2.24) is 10.2 Å². The molecule has 2 aromatic rings. The minimum absolute atomic E-state index is 0.126. The lowest BCUT2D eigenvalue weighted by molar-refractivity contribution is 0.104. The van der Waals surface area contributed by atoms with Crippen LogP contribution in [0.1, 0.15) is 27.3 Å². The molecule has 0 bridgehead atoms. The van der Waals surface area contributed by atoms with E-state index in [2.05, 4.69) is 10.2 Å². The van der Waals surface area contributed by atoms with Crippen molar-refractivity contribution in [2.24, 2.45) is 0 Å². The van der Waals surface area contributed by atoms with Crippen LogP contribution in [0, 0.1) is 13.8 Å². The topological polar surface area (TPSA) is 75.3 Å². The van der Waals surface area contributed by atoms with Gasteiger partial charge in [0, 0.05) is 22.5 Å². The average Bonchev–Trinajstić information content (AvgIpc) is 3.11. The molecule has 1 aromatic heterocycles. The Labute approximate surface area is 133 Å².